The molecule has 0 spiro atoms. The summed E-state index contributed by atoms with van der Waals surface area (Å²) < 4.78 is 2.57. The van der Waals surface area contributed by atoms with Gasteiger partial charge in [0.05, 0.1) is 29.6 Å². The van der Waals surface area contributed by atoms with Gasteiger partial charge in [0.2, 0.25) is 0 Å². The third-order valence-electron chi connectivity index (χ3n) is 3.00. The monoisotopic (exact) mass is 347 g/mol. The van der Waals surface area contributed by atoms with Crippen molar-refractivity contribution in [1.82, 2.24) is 14.4 Å². The summed E-state index contributed by atoms with van der Waals surface area (Å²) in [5.74, 6) is 0. The molecule has 3 rings (SSSR count). The van der Waals surface area contributed by atoms with Crippen LogP contribution in [0.15, 0.2) is 47.5 Å². The first-order valence-electron chi connectivity index (χ1n) is 6.10. The number of nitrogens with zero attached hydrogens (tertiary/aromatic N) is 4. The van der Waals surface area contributed by atoms with E-state index in [0.29, 0.717) is 16.8 Å². The fourth-order valence-corrected chi connectivity index (χ4v) is 2.32. The largest absolute Gasteiger partial charge is 0.374 e. The number of nitro benzene ring substituents is 1. The highest BCUT2D eigenvalue weighted by Crippen LogP contribution is 2.23. The van der Waals surface area contributed by atoms with Crippen LogP contribution >= 0.6 is 15.9 Å². The van der Waals surface area contributed by atoms with E-state index >= 15 is 0 Å². The molecule has 0 unspecified atom stereocenters. The summed E-state index contributed by atoms with van der Waals surface area (Å²) in [6.45, 7) is 0.419. The third-order valence-corrected chi connectivity index (χ3v) is 3.41. The first-order valence-corrected chi connectivity index (χ1v) is 6.89. The molecule has 3 aromatic rings. The van der Waals surface area contributed by atoms with Gasteiger partial charge < -0.3 is 5.32 Å². The quantitative estimate of drug-likeness (QED) is 0.579. The Hall–Kier alpha value is -2.48. The minimum Gasteiger partial charge on any atom is -0.374 e. The van der Waals surface area contributed by atoms with Crippen LogP contribution in [0.25, 0.3) is 5.65 Å². The Labute approximate surface area is 127 Å². The molecule has 2 aromatic heterocycles. The van der Waals surface area contributed by atoms with Crippen molar-refractivity contribution >= 4 is 33.0 Å². The second-order valence-electron chi connectivity index (χ2n) is 4.32. The van der Waals surface area contributed by atoms with E-state index in [-0.39, 0.29) is 5.69 Å². The SMILES string of the molecule is O=[N+]([O-])c1ccccc1NCc1cnc2cnc(Br)cn12. The van der Waals surface area contributed by atoms with Gasteiger partial charge in [0.15, 0.2) is 5.65 Å². The van der Waals surface area contributed by atoms with Crippen LogP contribution in [0.5, 0.6) is 0 Å². The number of nitrogens with one attached hydrogen (secondary N) is 1. The van der Waals surface area contributed by atoms with Crippen molar-refractivity contribution in [2.45, 2.75) is 6.54 Å². The number of hydrogen-bond acceptors (Lipinski definition) is 5. The summed E-state index contributed by atoms with van der Waals surface area (Å²) in [6.07, 6.45) is 5.17. The van der Waals surface area contributed by atoms with Crippen molar-refractivity contribution in [2.75, 3.05) is 5.32 Å². The van der Waals surface area contributed by atoms with Gasteiger partial charge in [-0.25, -0.2) is 9.97 Å². The van der Waals surface area contributed by atoms with Gasteiger partial charge in [-0.15, -0.1) is 0 Å². The van der Waals surface area contributed by atoms with Gasteiger partial charge >= 0.3 is 0 Å². The highest BCUT2D eigenvalue weighted by Gasteiger charge is 2.12. The minimum atomic E-state index is -0.405. The molecule has 0 atom stereocenters. The Balaban J connectivity index is 1.87. The molecule has 7 nitrogen and oxygen atoms in total. The molecular formula is C13H10BrN5O2. The first kappa shape index (κ1) is 13.5. The molecular weight excluding hydrogens is 338 g/mol. The lowest BCUT2D eigenvalue weighted by atomic mass is 10.2. The van der Waals surface area contributed by atoms with E-state index in [1.807, 2.05) is 4.40 Å². The molecule has 8 heteroatoms. The fourth-order valence-electron chi connectivity index (χ4n) is 2.01. The van der Waals surface area contributed by atoms with Gasteiger partial charge in [-0.3, -0.25) is 14.5 Å². The van der Waals surface area contributed by atoms with Crippen molar-refractivity contribution in [3.8, 4) is 0 Å². The summed E-state index contributed by atoms with van der Waals surface area (Å²) in [7, 11) is 0. The van der Waals surface area contributed by atoms with Gasteiger partial charge in [-0.1, -0.05) is 12.1 Å². The number of halogens is 1. The van der Waals surface area contributed by atoms with Crippen LogP contribution in [0.1, 0.15) is 5.69 Å². The molecule has 0 amide bonds. The summed E-state index contributed by atoms with van der Waals surface area (Å²) >= 11 is 3.31. The van der Waals surface area contributed by atoms with E-state index in [9.17, 15) is 10.1 Å². The molecule has 0 fully saturated rings. The molecule has 0 bridgehead atoms. The lowest BCUT2D eigenvalue weighted by Gasteiger charge is -2.07. The normalized spacial score (nSPS) is 10.7. The van der Waals surface area contributed by atoms with E-state index in [0.717, 1.165) is 11.3 Å². The molecule has 0 saturated heterocycles. The number of aromatic nitrogens is 3. The van der Waals surface area contributed by atoms with E-state index in [4.69, 9.17) is 0 Å². The maximum atomic E-state index is 11.0. The van der Waals surface area contributed by atoms with Crippen LogP contribution in [-0.4, -0.2) is 19.3 Å². The maximum Gasteiger partial charge on any atom is 0.292 e. The highest BCUT2D eigenvalue weighted by atomic mass is 79.9. The molecule has 1 aromatic carbocycles. The maximum absolute atomic E-state index is 11.0. The van der Waals surface area contributed by atoms with E-state index in [2.05, 4.69) is 31.2 Å². The number of benzene rings is 1. The van der Waals surface area contributed by atoms with Gasteiger partial charge in [-0.05, 0) is 22.0 Å². The topological polar surface area (TPSA) is 85.4 Å². The molecule has 0 aliphatic heterocycles. The van der Waals surface area contributed by atoms with Gasteiger partial charge in [0, 0.05) is 12.3 Å². The summed E-state index contributed by atoms with van der Waals surface area (Å²) in [5.41, 5.74) is 2.13. The zero-order valence-electron chi connectivity index (χ0n) is 10.7. The molecule has 2 heterocycles. The van der Waals surface area contributed by atoms with Crippen LogP contribution in [0.3, 0.4) is 0 Å². The number of rotatable bonds is 4. The number of fused-ring (bicyclic) bond motifs is 1. The third kappa shape index (κ3) is 2.70. The molecule has 106 valence electrons. The molecule has 0 aliphatic rings. The number of para-hydroxylation sites is 2. The predicted molar refractivity (Wildman–Crippen MR) is 81.1 cm³/mol. The highest BCUT2D eigenvalue weighted by molar-refractivity contribution is 9.10. The lowest BCUT2D eigenvalue weighted by molar-refractivity contribution is -0.384. The van der Waals surface area contributed by atoms with Crippen LogP contribution in [0.2, 0.25) is 0 Å². The fraction of sp³-hybridized carbons (Fsp3) is 0.0769. The molecule has 0 saturated carbocycles. The van der Waals surface area contributed by atoms with Crippen LogP contribution in [0, 0.1) is 10.1 Å². The number of anilines is 1. The van der Waals surface area contributed by atoms with Crippen molar-refractivity contribution in [2.24, 2.45) is 0 Å². The van der Waals surface area contributed by atoms with Crippen molar-refractivity contribution in [1.29, 1.82) is 0 Å². The second-order valence-corrected chi connectivity index (χ2v) is 5.13. The molecule has 21 heavy (non-hydrogen) atoms. The molecule has 0 radical (unpaired) electrons. The Morgan fingerprint density at radius 1 is 1.29 bits per heavy atom. The van der Waals surface area contributed by atoms with Gasteiger partial charge in [0.25, 0.3) is 5.69 Å². The van der Waals surface area contributed by atoms with E-state index < -0.39 is 4.92 Å². The lowest BCUT2D eigenvalue weighted by Crippen LogP contribution is -2.05. The smallest absolute Gasteiger partial charge is 0.292 e. The summed E-state index contributed by atoms with van der Waals surface area (Å²) in [5, 5.41) is 14.0. The Kier molecular flexibility index (Phi) is 3.53. The molecule has 0 aliphatic carbocycles. The minimum absolute atomic E-state index is 0.0502. The first-order chi connectivity index (χ1) is 10.1. The van der Waals surface area contributed by atoms with Crippen molar-refractivity contribution in [3.63, 3.8) is 0 Å². The number of nitro groups is 1. The number of imidazole rings is 1. The van der Waals surface area contributed by atoms with E-state index in [1.165, 1.54) is 6.07 Å². The van der Waals surface area contributed by atoms with Crippen LogP contribution in [-0.2, 0) is 6.54 Å². The van der Waals surface area contributed by atoms with E-state index in [1.54, 1.807) is 36.8 Å². The van der Waals surface area contributed by atoms with Crippen LogP contribution < -0.4 is 5.32 Å². The van der Waals surface area contributed by atoms with Gasteiger partial charge in [-0.2, -0.15) is 0 Å². The van der Waals surface area contributed by atoms with Crippen molar-refractivity contribution in [3.05, 3.63) is 63.3 Å². The van der Waals surface area contributed by atoms with Crippen molar-refractivity contribution < 1.29 is 4.92 Å². The summed E-state index contributed by atoms with van der Waals surface area (Å²) in [6, 6.07) is 6.54. The van der Waals surface area contributed by atoms with Gasteiger partial charge in [0.1, 0.15) is 10.3 Å². The zero-order valence-corrected chi connectivity index (χ0v) is 12.3. The zero-order chi connectivity index (χ0) is 14.8. The average Bonchev–Trinajstić information content (AvgIpc) is 2.87. The average molecular weight is 348 g/mol. The standard InChI is InChI=1S/C13H10BrN5O2/c14-12-8-18-9(6-17-13(18)7-16-12)5-15-10-3-1-2-4-11(10)19(20)21/h1-4,6-8,15H,5H2. The molecule has 1 N–H and O–H groups in total. The Morgan fingerprint density at radius 2 is 2.10 bits per heavy atom. The van der Waals surface area contributed by atoms with Crippen LogP contribution in [0.4, 0.5) is 11.4 Å². The second kappa shape index (κ2) is 5.49. The number of hydrogen-bond donors (Lipinski definition) is 1. The summed E-state index contributed by atoms with van der Waals surface area (Å²) in [4.78, 5) is 18.9. The Bertz CT molecular complexity index is 817. The predicted octanol–water partition coefficient (Wildman–Crippen LogP) is 3.01. The Morgan fingerprint density at radius 3 is 2.90 bits per heavy atom.